The molecule has 2 rings (SSSR count). The summed E-state index contributed by atoms with van der Waals surface area (Å²) in [5, 5.41) is 12.0. The van der Waals surface area contributed by atoms with E-state index >= 15 is 0 Å². The number of aliphatic hydroxyl groups is 1. The van der Waals surface area contributed by atoms with Gasteiger partial charge in [0.05, 0.1) is 5.69 Å². The molecule has 0 fully saturated rings. The van der Waals surface area contributed by atoms with Gasteiger partial charge >= 0.3 is 0 Å². The zero-order chi connectivity index (χ0) is 15.3. The van der Waals surface area contributed by atoms with Crippen molar-refractivity contribution in [3.63, 3.8) is 0 Å². The fourth-order valence-electron chi connectivity index (χ4n) is 1.86. The fraction of sp³-hybridized carbons (Fsp3) is 0.438. The molecule has 0 unspecified atom stereocenters. The second-order valence-corrected chi connectivity index (χ2v) is 5.95. The average molecular weight is 286 g/mol. The highest BCUT2D eigenvalue weighted by Crippen LogP contribution is 2.23. The molecular weight excluding hydrogens is 264 g/mol. The SMILES string of the molecule is CC(C)(C)c1nccc(-c2ccnc(NCCCO)c2)n1. The zero-order valence-corrected chi connectivity index (χ0v) is 12.8. The molecule has 5 nitrogen and oxygen atoms in total. The van der Waals surface area contributed by atoms with E-state index in [0.29, 0.717) is 13.0 Å². The lowest BCUT2D eigenvalue weighted by Crippen LogP contribution is -2.16. The van der Waals surface area contributed by atoms with E-state index in [1.165, 1.54) is 0 Å². The summed E-state index contributed by atoms with van der Waals surface area (Å²) < 4.78 is 0. The molecule has 0 amide bonds. The molecule has 0 spiro atoms. The van der Waals surface area contributed by atoms with Crippen molar-refractivity contribution in [3.05, 3.63) is 36.4 Å². The highest BCUT2D eigenvalue weighted by Gasteiger charge is 2.17. The Labute approximate surface area is 125 Å². The van der Waals surface area contributed by atoms with Gasteiger partial charge in [0.1, 0.15) is 11.6 Å². The van der Waals surface area contributed by atoms with Crippen molar-refractivity contribution in [2.45, 2.75) is 32.6 Å². The maximum Gasteiger partial charge on any atom is 0.134 e. The van der Waals surface area contributed by atoms with Crippen LogP contribution in [0.2, 0.25) is 0 Å². The Kier molecular flexibility index (Phi) is 4.85. The number of nitrogens with one attached hydrogen (secondary N) is 1. The van der Waals surface area contributed by atoms with Crippen molar-refractivity contribution < 1.29 is 5.11 Å². The zero-order valence-electron chi connectivity index (χ0n) is 12.8. The molecule has 2 aromatic rings. The van der Waals surface area contributed by atoms with Crippen LogP contribution in [-0.2, 0) is 5.41 Å². The first kappa shape index (κ1) is 15.4. The number of hydrogen-bond donors (Lipinski definition) is 2. The number of nitrogens with zero attached hydrogens (tertiary/aromatic N) is 3. The van der Waals surface area contributed by atoms with Crippen molar-refractivity contribution in [1.82, 2.24) is 15.0 Å². The first-order valence-corrected chi connectivity index (χ1v) is 7.15. The standard InChI is InChI=1S/C16H22N4O/c1-16(2,3)15-19-9-6-13(20-15)12-5-8-18-14(11-12)17-7-4-10-21/h5-6,8-9,11,21H,4,7,10H2,1-3H3,(H,17,18). The Hall–Kier alpha value is -2.01. The largest absolute Gasteiger partial charge is 0.396 e. The van der Waals surface area contributed by atoms with E-state index in [4.69, 9.17) is 5.11 Å². The molecule has 0 atom stereocenters. The number of rotatable bonds is 5. The number of pyridine rings is 1. The van der Waals surface area contributed by atoms with Crippen LogP contribution in [0.25, 0.3) is 11.3 Å². The van der Waals surface area contributed by atoms with Gasteiger partial charge in [-0.1, -0.05) is 20.8 Å². The second kappa shape index (κ2) is 6.63. The maximum atomic E-state index is 8.81. The van der Waals surface area contributed by atoms with Gasteiger partial charge in [-0.15, -0.1) is 0 Å². The van der Waals surface area contributed by atoms with Gasteiger partial charge in [0.25, 0.3) is 0 Å². The van der Waals surface area contributed by atoms with Gasteiger partial charge in [-0.05, 0) is 24.6 Å². The summed E-state index contributed by atoms with van der Waals surface area (Å²) in [6.07, 6.45) is 4.26. The molecule has 2 aromatic heterocycles. The van der Waals surface area contributed by atoms with Gasteiger partial charge < -0.3 is 10.4 Å². The third kappa shape index (κ3) is 4.23. The molecular formula is C16H22N4O. The van der Waals surface area contributed by atoms with Crippen LogP contribution < -0.4 is 5.32 Å². The Morgan fingerprint density at radius 1 is 1.14 bits per heavy atom. The smallest absolute Gasteiger partial charge is 0.134 e. The Bertz CT molecular complexity index is 593. The number of aliphatic hydroxyl groups excluding tert-OH is 1. The van der Waals surface area contributed by atoms with Crippen molar-refractivity contribution in [2.75, 3.05) is 18.5 Å². The van der Waals surface area contributed by atoms with Crippen LogP contribution in [0.3, 0.4) is 0 Å². The van der Waals surface area contributed by atoms with Crippen LogP contribution in [0.15, 0.2) is 30.6 Å². The maximum absolute atomic E-state index is 8.81. The van der Waals surface area contributed by atoms with Crippen molar-refractivity contribution >= 4 is 5.82 Å². The molecule has 0 aromatic carbocycles. The van der Waals surface area contributed by atoms with Crippen molar-refractivity contribution in [3.8, 4) is 11.3 Å². The van der Waals surface area contributed by atoms with Gasteiger partial charge in [-0.2, -0.15) is 0 Å². The Morgan fingerprint density at radius 3 is 2.62 bits per heavy atom. The Morgan fingerprint density at radius 2 is 1.90 bits per heavy atom. The van der Waals surface area contributed by atoms with E-state index < -0.39 is 0 Å². The van der Waals surface area contributed by atoms with Crippen LogP contribution in [0, 0.1) is 0 Å². The van der Waals surface area contributed by atoms with E-state index in [9.17, 15) is 0 Å². The predicted octanol–water partition coefficient (Wildman–Crippen LogP) is 2.63. The van der Waals surface area contributed by atoms with Gasteiger partial charge in [0.15, 0.2) is 0 Å². The number of aromatic nitrogens is 3. The number of hydrogen-bond acceptors (Lipinski definition) is 5. The summed E-state index contributed by atoms with van der Waals surface area (Å²) in [5.41, 5.74) is 1.82. The summed E-state index contributed by atoms with van der Waals surface area (Å²) in [6, 6.07) is 5.81. The Balaban J connectivity index is 2.24. The molecule has 0 radical (unpaired) electrons. The van der Waals surface area contributed by atoms with Gasteiger partial charge in [0, 0.05) is 36.5 Å². The third-order valence-electron chi connectivity index (χ3n) is 3.02. The summed E-state index contributed by atoms with van der Waals surface area (Å²) in [5.74, 6) is 1.61. The van der Waals surface area contributed by atoms with Crippen molar-refractivity contribution in [2.24, 2.45) is 0 Å². The summed E-state index contributed by atoms with van der Waals surface area (Å²) >= 11 is 0. The molecule has 0 aliphatic rings. The van der Waals surface area contributed by atoms with Crippen LogP contribution in [-0.4, -0.2) is 33.2 Å². The third-order valence-corrected chi connectivity index (χ3v) is 3.02. The van der Waals surface area contributed by atoms with E-state index in [-0.39, 0.29) is 12.0 Å². The minimum atomic E-state index is -0.0781. The summed E-state index contributed by atoms with van der Waals surface area (Å²) in [6.45, 7) is 7.17. The van der Waals surface area contributed by atoms with Gasteiger partial charge in [-0.3, -0.25) is 0 Å². The molecule has 0 bridgehead atoms. The van der Waals surface area contributed by atoms with E-state index in [1.807, 2.05) is 18.2 Å². The normalized spacial score (nSPS) is 11.4. The molecule has 5 heteroatoms. The lowest BCUT2D eigenvalue weighted by Gasteiger charge is -2.17. The average Bonchev–Trinajstić information content (AvgIpc) is 2.47. The topological polar surface area (TPSA) is 70.9 Å². The lowest BCUT2D eigenvalue weighted by atomic mass is 9.95. The molecule has 2 N–H and O–H groups in total. The van der Waals surface area contributed by atoms with E-state index in [1.54, 1.807) is 12.4 Å². The second-order valence-electron chi connectivity index (χ2n) is 5.95. The molecule has 21 heavy (non-hydrogen) atoms. The highest BCUT2D eigenvalue weighted by atomic mass is 16.3. The summed E-state index contributed by atoms with van der Waals surface area (Å²) in [4.78, 5) is 13.3. The highest BCUT2D eigenvalue weighted by molar-refractivity contribution is 5.62. The van der Waals surface area contributed by atoms with Crippen LogP contribution >= 0.6 is 0 Å². The van der Waals surface area contributed by atoms with Crippen LogP contribution in [0.1, 0.15) is 33.0 Å². The molecule has 0 aliphatic heterocycles. The predicted molar refractivity (Wildman–Crippen MR) is 84.2 cm³/mol. The van der Waals surface area contributed by atoms with Crippen molar-refractivity contribution in [1.29, 1.82) is 0 Å². The van der Waals surface area contributed by atoms with Gasteiger partial charge in [0.2, 0.25) is 0 Å². The minimum absolute atomic E-state index is 0.0781. The minimum Gasteiger partial charge on any atom is -0.396 e. The molecule has 112 valence electrons. The lowest BCUT2D eigenvalue weighted by molar-refractivity contribution is 0.292. The van der Waals surface area contributed by atoms with E-state index in [2.05, 4.69) is 41.0 Å². The molecule has 0 saturated heterocycles. The molecule has 0 aliphatic carbocycles. The molecule has 0 saturated carbocycles. The van der Waals surface area contributed by atoms with Crippen LogP contribution in [0.4, 0.5) is 5.82 Å². The number of anilines is 1. The summed E-state index contributed by atoms with van der Waals surface area (Å²) in [7, 11) is 0. The quantitative estimate of drug-likeness (QED) is 0.827. The molecule has 2 heterocycles. The first-order valence-electron chi connectivity index (χ1n) is 7.15. The van der Waals surface area contributed by atoms with Crippen LogP contribution in [0.5, 0.6) is 0 Å². The first-order chi connectivity index (χ1) is 10.0. The monoisotopic (exact) mass is 286 g/mol. The van der Waals surface area contributed by atoms with Gasteiger partial charge in [-0.25, -0.2) is 15.0 Å². The fourth-order valence-corrected chi connectivity index (χ4v) is 1.86. The van der Waals surface area contributed by atoms with E-state index in [0.717, 1.165) is 22.9 Å².